The van der Waals surface area contributed by atoms with E-state index in [4.69, 9.17) is 5.11 Å². The van der Waals surface area contributed by atoms with Crippen molar-refractivity contribution in [3.05, 3.63) is 106 Å². The van der Waals surface area contributed by atoms with E-state index in [0.29, 0.717) is 52.7 Å². The number of rotatable bonds is 8. The Labute approximate surface area is 223 Å². The molecular formula is C30H26FN3O5. The van der Waals surface area contributed by atoms with E-state index in [1.54, 1.807) is 30.3 Å². The molecule has 1 aromatic heterocycles. The van der Waals surface area contributed by atoms with Crippen LogP contribution in [-0.4, -0.2) is 27.5 Å². The lowest BCUT2D eigenvalue weighted by Crippen LogP contribution is -2.35. The highest BCUT2D eigenvalue weighted by Gasteiger charge is 2.26. The number of benzene rings is 3. The molecule has 1 atom stereocenters. The summed E-state index contributed by atoms with van der Waals surface area (Å²) in [5.41, 5.74) is 2.61. The molecule has 0 aliphatic carbocycles. The molecule has 4 aromatic rings. The maximum Gasteiger partial charge on any atom is 0.303 e. The van der Waals surface area contributed by atoms with Gasteiger partial charge in [0.1, 0.15) is 5.82 Å². The van der Waals surface area contributed by atoms with Crippen LogP contribution in [0, 0.1) is 5.82 Å². The fraction of sp³-hybridized carbons (Fsp3) is 0.200. The van der Waals surface area contributed by atoms with Gasteiger partial charge in [0.15, 0.2) is 0 Å². The molecule has 2 heterocycles. The summed E-state index contributed by atoms with van der Waals surface area (Å²) in [5.74, 6) is -1.88. The van der Waals surface area contributed by atoms with E-state index >= 15 is 0 Å². The smallest absolute Gasteiger partial charge is 0.303 e. The number of anilines is 1. The van der Waals surface area contributed by atoms with Gasteiger partial charge >= 0.3 is 5.97 Å². The molecule has 8 nitrogen and oxygen atoms in total. The molecule has 5 rings (SSSR count). The van der Waals surface area contributed by atoms with Crippen LogP contribution in [-0.2, 0) is 16.0 Å². The summed E-state index contributed by atoms with van der Waals surface area (Å²) in [4.78, 5) is 49.9. The first-order valence-electron chi connectivity index (χ1n) is 12.7. The Morgan fingerprint density at radius 3 is 2.54 bits per heavy atom. The van der Waals surface area contributed by atoms with E-state index in [9.17, 15) is 23.6 Å². The quantitative estimate of drug-likeness (QED) is 0.286. The van der Waals surface area contributed by atoms with Crippen molar-refractivity contribution in [1.29, 1.82) is 0 Å². The lowest BCUT2D eigenvalue weighted by atomic mass is 9.97. The molecule has 0 bridgehead atoms. The molecule has 39 heavy (non-hydrogen) atoms. The number of amides is 2. The number of carbonyl (C=O) groups is 3. The highest BCUT2D eigenvalue weighted by atomic mass is 19.1. The van der Waals surface area contributed by atoms with E-state index in [1.165, 1.54) is 28.8 Å². The number of halogens is 1. The molecule has 0 saturated carbocycles. The molecule has 198 valence electrons. The predicted molar refractivity (Wildman–Crippen MR) is 145 cm³/mol. The van der Waals surface area contributed by atoms with E-state index in [-0.39, 0.29) is 30.2 Å². The standard InChI is InChI=1S/C30H26FN3O5/c31-20-10-12-21(13-11-20)34-22(5-1-4-8-28(36)37)16-19-15-18(9-14-23(19)30(34)39)29(38)33-26-17-27(35)32-25-7-3-2-6-24(25)26/h2-3,6-7,9-16,26H,1,4-5,8,17H2,(H,32,35)(H,33,38)(H,36,37). The summed E-state index contributed by atoms with van der Waals surface area (Å²) in [6.07, 6.45) is 1.51. The number of hydrogen-bond donors (Lipinski definition) is 3. The molecule has 3 N–H and O–H groups in total. The van der Waals surface area contributed by atoms with Gasteiger partial charge in [0.05, 0.1) is 12.5 Å². The number of fused-ring (bicyclic) bond motifs is 2. The molecule has 9 heteroatoms. The van der Waals surface area contributed by atoms with E-state index in [1.807, 2.05) is 18.2 Å². The Balaban J connectivity index is 1.49. The van der Waals surface area contributed by atoms with Crippen molar-refractivity contribution in [2.24, 2.45) is 0 Å². The summed E-state index contributed by atoms with van der Waals surface area (Å²) < 4.78 is 15.1. The topological polar surface area (TPSA) is 118 Å². The summed E-state index contributed by atoms with van der Waals surface area (Å²) in [6, 6.07) is 19.0. The average Bonchev–Trinajstić information content (AvgIpc) is 2.91. The Morgan fingerprint density at radius 2 is 1.77 bits per heavy atom. The molecule has 1 unspecified atom stereocenters. The summed E-state index contributed by atoms with van der Waals surface area (Å²) in [7, 11) is 0. The SMILES string of the molecule is O=C(O)CCCCc1cc2cc(C(=O)NC3CC(=O)Nc4ccccc43)ccc2c(=O)n1-c1ccc(F)cc1. The number of aromatic nitrogens is 1. The molecule has 1 aliphatic rings. The van der Waals surface area contributed by atoms with Gasteiger partial charge in [-0.1, -0.05) is 18.2 Å². The van der Waals surface area contributed by atoms with Crippen LogP contribution in [0.15, 0.2) is 77.6 Å². The van der Waals surface area contributed by atoms with Gasteiger partial charge in [0.25, 0.3) is 11.5 Å². The zero-order valence-corrected chi connectivity index (χ0v) is 20.9. The Hall–Kier alpha value is -4.79. The maximum atomic E-state index is 13.6. The van der Waals surface area contributed by atoms with Crippen molar-refractivity contribution in [3.63, 3.8) is 0 Å². The Morgan fingerprint density at radius 1 is 1.00 bits per heavy atom. The molecule has 1 aliphatic heterocycles. The number of carboxylic acid groups (broad SMARTS) is 1. The summed E-state index contributed by atoms with van der Waals surface area (Å²) >= 11 is 0. The van der Waals surface area contributed by atoms with Crippen molar-refractivity contribution < 1.29 is 23.9 Å². The van der Waals surface area contributed by atoms with Gasteiger partial charge < -0.3 is 15.7 Å². The second-order valence-corrected chi connectivity index (χ2v) is 9.52. The maximum absolute atomic E-state index is 13.6. The second kappa shape index (κ2) is 10.9. The van der Waals surface area contributed by atoms with E-state index in [0.717, 1.165) is 5.56 Å². The summed E-state index contributed by atoms with van der Waals surface area (Å²) in [6.45, 7) is 0. The van der Waals surface area contributed by atoms with Gasteiger partial charge in [-0.25, -0.2) is 4.39 Å². The van der Waals surface area contributed by atoms with E-state index < -0.39 is 17.8 Å². The third-order valence-corrected chi connectivity index (χ3v) is 6.82. The fourth-order valence-electron chi connectivity index (χ4n) is 4.93. The zero-order chi connectivity index (χ0) is 27.5. The van der Waals surface area contributed by atoms with Crippen molar-refractivity contribution in [3.8, 4) is 5.69 Å². The number of para-hydroxylation sites is 1. The van der Waals surface area contributed by atoms with Crippen LogP contribution in [0.2, 0.25) is 0 Å². The van der Waals surface area contributed by atoms with Crippen molar-refractivity contribution in [2.75, 3.05) is 5.32 Å². The van der Waals surface area contributed by atoms with Crippen LogP contribution in [0.4, 0.5) is 10.1 Å². The highest BCUT2D eigenvalue weighted by Crippen LogP contribution is 2.30. The molecule has 0 spiro atoms. The number of carboxylic acids is 1. The average molecular weight is 528 g/mol. The van der Waals surface area contributed by atoms with Gasteiger partial charge in [-0.2, -0.15) is 0 Å². The van der Waals surface area contributed by atoms with Crippen LogP contribution in [0.5, 0.6) is 0 Å². The first-order chi connectivity index (χ1) is 18.8. The third-order valence-electron chi connectivity index (χ3n) is 6.82. The molecule has 0 fully saturated rings. The molecule has 0 saturated heterocycles. The number of nitrogens with one attached hydrogen (secondary N) is 2. The third kappa shape index (κ3) is 5.57. The number of unbranched alkanes of at least 4 members (excludes halogenated alkanes) is 1. The number of nitrogens with zero attached hydrogens (tertiary/aromatic N) is 1. The largest absolute Gasteiger partial charge is 0.481 e. The highest BCUT2D eigenvalue weighted by molar-refractivity contribution is 6.00. The minimum absolute atomic E-state index is 0.0149. The first-order valence-corrected chi connectivity index (χ1v) is 12.7. The van der Waals surface area contributed by atoms with Crippen LogP contribution in [0.3, 0.4) is 0 Å². The van der Waals surface area contributed by atoms with Gasteiger partial charge in [-0.15, -0.1) is 0 Å². The zero-order valence-electron chi connectivity index (χ0n) is 20.9. The lowest BCUT2D eigenvalue weighted by Gasteiger charge is -2.26. The predicted octanol–water partition coefficient (Wildman–Crippen LogP) is 4.74. The van der Waals surface area contributed by atoms with Crippen LogP contribution in [0.25, 0.3) is 16.5 Å². The first kappa shape index (κ1) is 25.8. The molecule has 2 amide bonds. The monoisotopic (exact) mass is 527 g/mol. The van der Waals surface area contributed by atoms with Crippen molar-refractivity contribution in [1.82, 2.24) is 9.88 Å². The van der Waals surface area contributed by atoms with Crippen LogP contribution >= 0.6 is 0 Å². The Kier molecular flexibility index (Phi) is 7.23. The minimum atomic E-state index is -0.891. The van der Waals surface area contributed by atoms with E-state index in [2.05, 4.69) is 10.6 Å². The normalized spacial score (nSPS) is 14.5. The lowest BCUT2D eigenvalue weighted by molar-refractivity contribution is -0.137. The van der Waals surface area contributed by atoms with Crippen LogP contribution < -0.4 is 16.2 Å². The number of pyridine rings is 1. The molecule has 3 aromatic carbocycles. The Bertz CT molecular complexity index is 1650. The van der Waals surface area contributed by atoms with Crippen molar-refractivity contribution >= 4 is 34.2 Å². The van der Waals surface area contributed by atoms with Gasteiger partial charge in [0.2, 0.25) is 5.91 Å². The summed E-state index contributed by atoms with van der Waals surface area (Å²) in [5, 5.41) is 15.7. The second-order valence-electron chi connectivity index (χ2n) is 9.52. The molecule has 0 radical (unpaired) electrons. The van der Waals surface area contributed by atoms with Gasteiger partial charge in [-0.05, 0) is 84.8 Å². The number of carbonyl (C=O) groups excluding carboxylic acids is 2. The van der Waals surface area contributed by atoms with Gasteiger partial charge in [0, 0.05) is 34.4 Å². The van der Waals surface area contributed by atoms with Crippen molar-refractivity contribution in [2.45, 2.75) is 38.1 Å². The number of aryl methyl sites for hydroxylation is 1. The molecular weight excluding hydrogens is 501 g/mol. The van der Waals surface area contributed by atoms with Crippen LogP contribution in [0.1, 0.15) is 53.3 Å². The minimum Gasteiger partial charge on any atom is -0.481 e. The number of hydrogen-bond acceptors (Lipinski definition) is 4. The van der Waals surface area contributed by atoms with Gasteiger partial charge in [-0.3, -0.25) is 23.7 Å². The fourth-order valence-corrected chi connectivity index (χ4v) is 4.93. The number of aliphatic carboxylic acids is 1.